The minimum Gasteiger partial charge on any atom is -0.496 e. The number of hydrogen-bond donors (Lipinski definition) is 2. The first-order valence-electron chi connectivity index (χ1n) is 5.95. The fourth-order valence-corrected chi connectivity index (χ4v) is 2.38. The van der Waals surface area contributed by atoms with E-state index in [0.29, 0.717) is 18.8 Å². The van der Waals surface area contributed by atoms with Crippen molar-refractivity contribution < 1.29 is 14.7 Å². The molecule has 0 aliphatic carbocycles. The standard InChI is InChI=1S/C13H18Br2N2O3/c1-13(2,12(16)17-18)4-5-20-11-7-8(14)10(19-3)6-9(11)15/h6-7,18H,4-5H2,1-3H3,(H2,16,17). The second kappa shape index (κ2) is 7.17. The molecule has 0 saturated heterocycles. The Balaban J connectivity index is 2.70. The van der Waals surface area contributed by atoms with Gasteiger partial charge in [0.25, 0.3) is 0 Å². The lowest BCUT2D eigenvalue weighted by molar-refractivity contribution is 0.258. The van der Waals surface area contributed by atoms with E-state index in [4.69, 9.17) is 20.4 Å². The molecule has 112 valence electrons. The second-order valence-corrected chi connectivity index (χ2v) is 6.59. The van der Waals surface area contributed by atoms with Crippen LogP contribution in [-0.4, -0.2) is 24.8 Å². The highest BCUT2D eigenvalue weighted by atomic mass is 79.9. The van der Waals surface area contributed by atoms with Crippen molar-refractivity contribution in [3.05, 3.63) is 21.1 Å². The zero-order valence-corrected chi connectivity index (χ0v) is 14.8. The van der Waals surface area contributed by atoms with Crippen LogP contribution in [0.4, 0.5) is 0 Å². The molecule has 0 radical (unpaired) electrons. The van der Waals surface area contributed by atoms with Crippen molar-refractivity contribution in [1.82, 2.24) is 0 Å². The van der Waals surface area contributed by atoms with E-state index in [1.165, 1.54) is 0 Å². The highest BCUT2D eigenvalue weighted by Crippen LogP contribution is 2.36. The van der Waals surface area contributed by atoms with Crippen LogP contribution in [0.5, 0.6) is 11.5 Å². The number of benzene rings is 1. The maximum Gasteiger partial charge on any atom is 0.144 e. The number of halogens is 2. The van der Waals surface area contributed by atoms with Crippen LogP contribution in [0.2, 0.25) is 0 Å². The van der Waals surface area contributed by atoms with Gasteiger partial charge in [-0.1, -0.05) is 19.0 Å². The van der Waals surface area contributed by atoms with Crippen molar-refractivity contribution in [2.24, 2.45) is 16.3 Å². The lowest BCUT2D eigenvalue weighted by atomic mass is 9.88. The van der Waals surface area contributed by atoms with Crippen LogP contribution in [0, 0.1) is 5.41 Å². The summed E-state index contributed by atoms with van der Waals surface area (Å²) in [5.41, 5.74) is 5.21. The average molecular weight is 410 g/mol. The van der Waals surface area contributed by atoms with Gasteiger partial charge in [-0.05, 0) is 50.4 Å². The number of oxime groups is 1. The van der Waals surface area contributed by atoms with Gasteiger partial charge in [0.15, 0.2) is 0 Å². The van der Waals surface area contributed by atoms with Crippen molar-refractivity contribution in [2.45, 2.75) is 20.3 Å². The van der Waals surface area contributed by atoms with Crippen molar-refractivity contribution in [3.8, 4) is 11.5 Å². The average Bonchev–Trinajstić information content (AvgIpc) is 2.40. The Labute approximate surface area is 135 Å². The van der Waals surface area contributed by atoms with E-state index in [-0.39, 0.29) is 5.84 Å². The molecule has 5 nitrogen and oxygen atoms in total. The Morgan fingerprint density at radius 1 is 1.30 bits per heavy atom. The number of ether oxygens (including phenoxy) is 2. The predicted molar refractivity (Wildman–Crippen MR) is 85.7 cm³/mol. The van der Waals surface area contributed by atoms with Crippen LogP contribution in [-0.2, 0) is 0 Å². The van der Waals surface area contributed by atoms with Crippen molar-refractivity contribution in [1.29, 1.82) is 0 Å². The van der Waals surface area contributed by atoms with Gasteiger partial charge in [-0.25, -0.2) is 0 Å². The van der Waals surface area contributed by atoms with Crippen LogP contribution in [0.3, 0.4) is 0 Å². The number of hydrogen-bond acceptors (Lipinski definition) is 4. The molecular weight excluding hydrogens is 392 g/mol. The van der Waals surface area contributed by atoms with Gasteiger partial charge in [0.1, 0.15) is 17.3 Å². The minimum atomic E-state index is -0.426. The molecule has 1 aromatic carbocycles. The predicted octanol–water partition coefficient (Wildman–Crippen LogP) is 3.76. The van der Waals surface area contributed by atoms with Gasteiger partial charge in [-0.2, -0.15) is 0 Å². The van der Waals surface area contributed by atoms with Gasteiger partial charge >= 0.3 is 0 Å². The lowest BCUT2D eigenvalue weighted by Gasteiger charge is -2.22. The highest BCUT2D eigenvalue weighted by molar-refractivity contribution is 9.11. The van der Waals surface area contributed by atoms with E-state index >= 15 is 0 Å². The van der Waals surface area contributed by atoms with Gasteiger partial charge in [0.2, 0.25) is 0 Å². The molecule has 0 aliphatic heterocycles. The SMILES string of the molecule is COc1cc(Br)c(OCCC(C)(C)C(N)=NO)cc1Br. The number of nitrogens with two attached hydrogens (primary N) is 1. The largest absolute Gasteiger partial charge is 0.496 e. The smallest absolute Gasteiger partial charge is 0.144 e. The summed E-state index contributed by atoms with van der Waals surface area (Å²) >= 11 is 6.84. The molecule has 0 spiro atoms. The maximum atomic E-state index is 8.72. The minimum absolute atomic E-state index is 0.191. The van der Waals surface area contributed by atoms with Crippen molar-refractivity contribution in [2.75, 3.05) is 13.7 Å². The summed E-state index contributed by atoms with van der Waals surface area (Å²) in [4.78, 5) is 0. The van der Waals surface area contributed by atoms with E-state index in [0.717, 1.165) is 14.7 Å². The first-order chi connectivity index (χ1) is 9.31. The van der Waals surface area contributed by atoms with Crippen LogP contribution in [0.25, 0.3) is 0 Å². The van der Waals surface area contributed by atoms with E-state index < -0.39 is 5.41 Å². The Kier molecular flexibility index (Phi) is 6.13. The molecule has 0 atom stereocenters. The highest BCUT2D eigenvalue weighted by Gasteiger charge is 2.23. The molecule has 3 N–H and O–H groups in total. The summed E-state index contributed by atoms with van der Waals surface area (Å²) in [6.07, 6.45) is 0.624. The molecule has 0 amide bonds. The number of rotatable bonds is 6. The first-order valence-corrected chi connectivity index (χ1v) is 7.54. The third kappa shape index (κ3) is 4.28. The summed E-state index contributed by atoms with van der Waals surface area (Å²) in [5, 5.41) is 11.8. The van der Waals surface area contributed by atoms with E-state index in [1.54, 1.807) is 7.11 Å². The summed E-state index contributed by atoms with van der Waals surface area (Å²) in [7, 11) is 1.60. The van der Waals surface area contributed by atoms with Gasteiger partial charge in [-0.3, -0.25) is 0 Å². The molecule has 20 heavy (non-hydrogen) atoms. The molecule has 1 aromatic rings. The molecule has 0 bridgehead atoms. The summed E-state index contributed by atoms with van der Waals surface area (Å²) < 4.78 is 12.5. The van der Waals surface area contributed by atoms with E-state index in [2.05, 4.69) is 37.0 Å². The summed E-state index contributed by atoms with van der Waals surface area (Å²) in [5.74, 6) is 1.62. The number of nitrogens with zero attached hydrogens (tertiary/aromatic N) is 1. The second-order valence-electron chi connectivity index (χ2n) is 4.88. The Hall–Kier alpha value is -0.950. The van der Waals surface area contributed by atoms with Crippen LogP contribution in [0.15, 0.2) is 26.2 Å². The molecule has 0 aromatic heterocycles. The van der Waals surface area contributed by atoms with Crippen LogP contribution >= 0.6 is 31.9 Å². The normalized spacial score (nSPS) is 12.3. The third-order valence-electron chi connectivity index (χ3n) is 2.99. The van der Waals surface area contributed by atoms with E-state index in [9.17, 15) is 0 Å². The lowest BCUT2D eigenvalue weighted by Crippen LogP contribution is -2.33. The van der Waals surface area contributed by atoms with Crippen LogP contribution < -0.4 is 15.2 Å². The molecule has 0 saturated carbocycles. The van der Waals surface area contributed by atoms with Crippen molar-refractivity contribution >= 4 is 37.7 Å². The summed E-state index contributed by atoms with van der Waals surface area (Å²) in [6.45, 7) is 4.23. The third-order valence-corrected chi connectivity index (χ3v) is 4.23. The van der Waals surface area contributed by atoms with Gasteiger partial charge < -0.3 is 20.4 Å². The zero-order valence-electron chi connectivity index (χ0n) is 11.6. The molecular formula is C13H18Br2N2O3. The Morgan fingerprint density at radius 2 is 1.85 bits per heavy atom. The molecule has 0 unspecified atom stereocenters. The quantitative estimate of drug-likeness (QED) is 0.324. The first kappa shape index (κ1) is 17.1. The maximum absolute atomic E-state index is 8.72. The topological polar surface area (TPSA) is 77.1 Å². The fraction of sp³-hybridized carbons (Fsp3) is 0.462. The molecule has 0 aliphatic rings. The number of amidine groups is 1. The van der Waals surface area contributed by atoms with E-state index in [1.807, 2.05) is 26.0 Å². The van der Waals surface area contributed by atoms with Crippen molar-refractivity contribution in [3.63, 3.8) is 0 Å². The molecule has 0 fully saturated rings. The molecule has 0 heterocycles. The summed E-state index contributed by atoms with van der Waals surface area (Å²) in [6, 6.07) is 3.66. The zero-order chi connectivity index (χ0) is 15.3. The number of methoxy groups -OCH3 is 1. The fourth-order valence-electron chi connectivity index (χ4n) is 1.46. The van der Waals surface area contributed by atoms with Gasteiger partial charge in [0, 0.05) is 5.41 Å². The Bertz CT molecular complexity index is 505. The van der Waals surface area contributed by atoms with Crippen LogP contribution in [0.1, 0.15) is 20.3 Å². The van der Waals surface area contributed by atoms with Gasteiger partial charge in [-0.15, -0.1) is 0 Å². The molecule has 1 rings (SSSR count). The van der Waals surface area contributed by atoms with Gasteiger partial charge in [0.05, 0.1) is 22.7 Å². The monoisotopic (exact) mass is 408 g/mol. The Morgan fingerprint density at radius 3 is 2.40 bits per heavy atom. The molecule has 7 heteroatoms.